The topological polar surface area (TPSA) is 67.9 Å². The predicted molar refractivity (Wildman–Crippen MR) is 126 cm³/mol. The van der Waals surface area contributed by atoms with E-state index in [2.05, 4.69) is 28.0 Å². The Morgan fingerprint density at radius 2 is 1.78 bits per heavy atom. The van der Waals surface area contributed by atoms with Crippen LogP contribution in [0, 0.1) is 9.39 Å². The van der Waals surface area contributed by atoms with Gasteiger partial charge in [-0.05, 0) is 64.6 Å². The summed E-state index contributed by atoms with van der Waals surface area (Å²) in [4.78, 5) is 25.2. The van der Waals surface area contributed by atoms with Crippen molar-refractivity contribution >= 4 is 46.2 Å². The minimum atomic E-state index is -0.493. The van der Waals surface area contributed by atoms with Gasteiger partial charge in [-0.15, -0.1) is 0 Å². The van der Waals surface area contributed by atoms with E-state index in [0.717, 1.165) is 0 Å². The first-order valence-electron chi connectivity index (χ1n) is 9.64. The van der Waals surface area contributed by atoms with Crippen molar-refractivity contribution < 1.29 is 23.5 Å². The number of rotatable bonds is 6. The number of amides is 2. The molecule has 1 saturated heterocycles. The number of nitrogens with zero attached hydrogens (tertiary/aromatic N) is 1. The van der Waals surface area contributed by atoms with Crippen molar-refractivity contribution in [3.63, 3.8) is 0 Å². The van der Waals surface area contributed by atoms with Gasteiger partial charge in [-0.1, -0.05) is 36.4 Å². The molecular weight excluding hydrogens is 526 g/mol. The zero-order chi connectivity index (χ0) is 22.7. The van der Waals surface area contributed by atoms with Gasteiger partial charge in [-0.3, -0.25) is 15.0 Å². The van der Waals surface area contributed by atoms with E-state index in [0.29, 0.717) is 31.9 Å². The van der Waals surface area contributed by atoms with Crippen LogP contribution in [0.25, 0.3) is 6.08 Å². The van der Waals surface area contributed by atoms with E-state index in [-0.39, 0.29) is 18.0 Å². The Morgan fingerprint density at radius 3 is 2.50 bits per heavy atom. The van der Waals surface area contributed by atoms with Crippen LogP contribution >= 0.6 is 22.6 Å². The predicted octanol–water partition coefficient (Wildman–Crippen LogP) is 4.48. The molecule has 162 valence electrons. The second kappa shape index (κ2) is 9.39. The molecule has 0 aromatic heterocycles. The molecule has 0 unspecified atom stereocenters. The third kappa shape index (κ3) is 4.45. The molecule has 1 heterocycles. The Morgan fingerprint density at radius 1 is 1.06 bits per heavy atom. The van der Waals surface area contributed by atoms with Gasteiger partial charge in [0, 0.05) is 5.56 Å². The third-order valence-corrected chi connectivity index (χ3v) is 5.60. The first-order valence-corrected chi connectivity index (χ1v) is 10.7. The number of ether oxygens (including phenoxy) is 2. The van der Waals surface area contributed by atoms with Gasteiger partial charge in [0.25, 0.3) is 11.8 Å². The Labute approximate surface area is 197 Å². The standard InChI is InChI=1S/C24H18FIN2O4/c1-31-21-13-15(12-20(26)22(21)32-14-16-7-5-6-10-19(16)25)11-18-23(29)27-28(24(18)30)17-8-3-2-4-9-17/h2-13H,14H2,1H3,(H,27,29)/b18-11-. The van der Waals surface area contributed by atoms with Crippen LogP contribution in [-0.2, 0) is 16.2 Å². The number of para-hydroxylation sites is 1. The summed E-state index contributed by atoms with van der Waals surface area (Å²) >= 11 is 2.07. The van der Waals surface area contributed by atoms with Crippen molar-refractivity contribution in [2.45, 2.75) is 6.61 Å². The third-order valence-electron chi connectivity index (χ3n) is 4.80. The van der Waals surface area contributed by atoms with Crippen LogP contribution in [0.5, 0.6) is 11.5 Å². The Hall–Kier alpha value is -3.40. The Balaban J connectivity index is 1.60. The fourth-order valence-electron chi connectivity index (χ4n) is 3.21. The summed E-state index contributed by atoms with van der Waals surface area (Å²) in [6.45, 7) is 0.0341. The van der Waals surface area contributed by atoms with Crippen molar-refractivity contribution in [2.24, 2.45) is 0 Å². The van der Waals surface area contributed by atoms with Gasteiger partial charge >= 0.3 is 0 Å². The lowest BCUT2D eigenvalue weighted by Gasteiger charge is -2.14. The molecule has 0 spiro atoms. The molecule has 0 radical (unpaired) electrons. The van der Waals surface area contributed by atoms with Crippen LogP contribution < -0.4 is 19.9 Å². The van der Waals surface area contributed by atoms with Gasteiger partial charge in [0.2, 0.25) is 0 Å². The monoisotopic (exact) mass is 544 g/mol. The maximum Gasteiger partial charge on any atom is 0.282 e. The van der Waals surface area contributed by atoms with E-state index in [1.165, 1.54) is 24.3 Å². The highest BCUT2D eigenvalue weighted by Crippen LogP contribution is 2.35. The molecule has 0 saturated carbocycles. The summed E-state index contributed by atoms with van der Waals surface area (Å²) in [6, 6.07) is 18.7. The van der Waals surface area contributed by atoms with E-state index >= 15 is 0 Å². The van der Waals surface area contributed by atoms with Crippen LogP contribution in [0.1, 0.15) is 11.1 Å². The maximum atomic E-state index is 13.9. The number of hydrogen-bond donors (Lipinski definition) is 1. The van der Waals surface area contributed by atoms with Crippen LogP contribution in [0.4, 0.5) is 10.1 Å². The summed E-state index contributed by atoms with van der Waals surface area (Å²) in [5, 5.41) is 1.21. The first kappa shape index (κ1) is 21.8. The number of carbonyl (C=O) groups is 2. The van der Waals surface area contributed by atoms with Crippen molar-refractivity contribution in [1.82, 2.24) is 5.43 Å². The van der Waals surface area contributed by atoms with E-state index in [9.17, 15) is 14.0 Å². The average Bonchev–Trinajstić information content (AvgIpc) is 3.08. The molecule has 0 atom stereocenters. The van der Waals surface area contributed by atoms with Crippen LogP contribution in [0.2, 0.25) is 0 Å². The van der Waals surface area contributed by atoms with Crippen LogP contribution in [0.3, 0.4) is 0 Å². The lowest BCUT2D eigenvalue weighted by molar-refractivity contribution is -0.117. The highest BCUT2D eigenvalue weighted by molar-refractivity contribution is 14.1. The second-order valence-electron chi connectivity index (χ2n) is 6.89. The van der Waals surface area contributed by atoms with Crippen molar-refractivity contribution in [2.75, 3.05) is 12.1 Å². The van der Waals surface area contributed by atoms with E-state index in [1.807, 2.05) is 6.07 Å². The summed E-state index contributed by atoms with van der Waals surface area (Å²) in [5.41, 5.74) is 4.16. The smallest absolute Gasteiger partial charge is 0.282 e. The summed E-state index contributed by atoms with van der Waals surface area (Å²) in [5.74, 6) is -0.434. The zero-order valence-electron chi connectivity index (χ0n) is 17.0. The van der Waals surface area contributed by atoms with Gasteiger partial charge in [0.05, 0.1) is 16.4 Å². The highest BCUT2D eigenvalue weighted by Gasteiger charge is 2.34. The van der Waals surface area contributed by atoms with Crippen molar-refractivity contribution in [3.05, 3.63) is 92.8 Å². The van der Waals surface area contributed by atoms with Gasteiger partial charge in [0.15, 0.2) is 11.5 Å². The maximum absolute atomic E-state index is 13.9. The lowest BCUT2D eigenvalue weighted by Crippen LogP contribution is -2.35. The summed E-state index contributed by atoms with van der Waals surface area (Å²) in [6.07, 6.45) is 1.51. The van der Waals surface area contributed by atoms with Gasteiger partial charge in [-0.2, -0.15) is 0 Å². The Kier molecular flexibility index (Phi) is 6.40. The molecule has 1 aliphatic heterocycles. The van der Waals surface area contributed by atoms with E-state index < -0.39 is 11.8 Å². The van der Waals surface area contributed by atoms with Crippen LogP contribution in [0.15, 0.2) is 72.3 Å². The summed E-state index contributed by atoms with van der Waals surface area (Å²) < 4.78 is 25.9. The molecule has 8 heteroatoms. The average molecular weight is 544 g/mol. The number of benzene rings is 3. The molecule has 1 aliphatic rings. The van der Waals surface area contributed by atoms with Crippen molar-refractivity contribution in [3.8, 4) is 11.5 Å². The van der Waals surface area contributed by atoms with E-state index in [1.54, 1.807) is 54.6 Å². The number of anilines is 1. The number of nitrogens with one attached hydrogen (secondary N) is 1. The molecule has 1 N–H and O–H groups in total. The quantitative estimate of drug-likeness (QED) is 0.283. The molecule has 1 fully saturated rings. The van der Waals surface area contributed by atoms with Gasteiger partial charge in [-0.25, -0.2) is 9.40 Å². The minimum Gasteiger partial charge on any atom is -0.493 e. The molecule has 6 nitrogen and oxygen atoms in total. The normalized spacial score (nSPS) is 14.6. The fraction of sp³-hybridized carbons (Fsp3) is 0.0833. The minimum absolute atomic E-state index is 0.00623. The molecule has 4 rings (SSSR count). The molecule has 32 heavy (non-hydrogen) atoms. The van der Waals surface area contributed by atoms with Gasteiger partial charge < -0.3 is 9.47 Å². The highest BCUT2D eigenvalue weighted by atomic mass is 127. The number of hydrazine groups is 1. The fourth-order valence-corrected chi connectivity index (χ4v) is 3.99. The molecular formula is C24H18FIN2O4. The van der Waals surface area contributed by atoms with E-state index in [4.69, 9.17) is 9.47 Å². The SMILES string of the molecule is COc1cc(/C=C2/C(=O)NN(c3ccccc3)C2=O)cc(I)c1OCc1ccccc1F. The second-order valence-corrected chi connectivity index (χ2v) is 8.05. The number of halogens is 2. The van der Waals surface area contributed by atoms with Gasteiger partial charge in [0.1, 0.15) is 18.0 Å². The zero-order valence-corrected chi connectivity index (χ0v) is 19.1. The number of methoxy groups -OCH3 is 1. The number of hydrogen-bond acceptors (Lipinski definition) is 4. The molecule has 2 amide bonds. The van der Waals surface area contributed by atoms with Crippen molar-refractivity contribution in [1.29, 1.82) is 0 Å². The lowest BCUT2D eigenvalue weighted by atomic mass is 10.1. The molecule has 0 bridgehead atoms. The largest absolute Gasteiger partial charge is 0.493 e. The first-order chi connectivity index (χ1) is 15.5. The molecule has 0 aliphatic carbocycles. The number of carbonyl (C=O) groups excluding carboxylic acids is 2. The van der Waals surface area contributed by atoms with Crippen LogP contribution in [-0.4, -0.2) is 18.9 Å². The molecule has 3 aromatic rings. The molecule has 3 aromatic carbocycles. The summed E-state index contributed by atoms with van der Waals surface area (Å²) in [7, 11) is 1.49. The Bertz CT molecular complexity index is 1210.